The Balaban J connectivity index is 1.49. The van der Waals surface area contributed by atoms with Crippen LogP contribution in [0.25, 0.3) is 11.3 Å². The number of rotatable bonds is 2. The van der Waals surface area contributed by atoms with E-state index in [1.165, 1.54) is 17.9 Å². The summed E-state index contributed by atoms with van der Waals surface area (Å²) in [6.45, 7) is 2.87. The third-order valence-electron chi connectivity index (χ3n) is 6.42. The van der Waals surface area contributed by atoms with Gasteiger partial charge >= 0.3 is 6.18 Å². The summed E-state index contributed by atoms with van der Waals surface area (Å²) < 4.78 is 49.1. The highest BCUT2D eigenvalue weighted by atomic mass is 19.4. The number of benzene rings is 1. The molecular formula is C23H24F3N5O2. The van der Waals surface area contributed by atoms with Gasteiger partial charge in [0.05, 0.1) is 29.6 Å². The number of alkyl halides is 3. The molecule has 2 aliphatic heterocycles. The molecule has 1 amide bonds. The molecule has 174 valence electrons. The van der Waals surface area contributed by atoms with Crippen LogP contribution in [-0.4, -0.2) is 43.5 Å². The fourth-order valence-corrected chi connectivity index (χ4v) is 4.87. The molecule has 1 atom stereocenters. The summed E-state index contributed by atoms with van der Waals surface area (Å²) in [5.41, 5.74) is 2.43. The molecular weight excluding hydrogens is 435 g/mol. The van der Waals surface area contributed by atoms with Gasteiger partial charge in [0.25, 0.3) is 5.91 Å². The molecule has 2 aromatic heterocycles. The third kappa shape index (κ3) is 3.57. The molecule has 0 aliphatic carbocycles. The van der Waals surface area contributed by atoms with Crippen LogP contribution < -0.4 is 4.74 Å². The summed E-state index contributed by atoms with van der Waals surface area (Å²) in [5.74, 6) is 0.600. The van der Waals surface area contributed by atoms with Crippen LogP contribution in [0, 0.1) is 0 Å². The van der Waals surface area contributed by atoms with E-state index in [1.54, 1.807) is 18.0 Å². The molecule has 0 radical (unpaired) electrons. The van der Waals surface area contributed by atoms with Crippen molar-refractivity contribution in [1.29, 1.82) is 0 Å². The molecule has 7 nitrogen and oxygen atoms in total. The minimum Gasteiger partial charge on any atom is -0.493 e. The lowest BCUT2D eigenvalue weighted by atomic mass is 9.94. The molecule has 0 saturated heterocycles. The average molecular weight is 459 g/mol. The Bertz CT molecular complexity index is 1240. The van der Waals surface area contributed by atoms with E-state index >= 15 is 0 Å². The molecule has 0 bridgehead atoms. The summed E-state index contributed by atoms with van der Waals surface area (Å²) in [6, 6.07) is 5.15. The molecule has 0 spiro atoms. The quantitative estimate of drug-likeness (QED) is 0.583. The molecule has 3 aromatic rings. The zero-order valence-electron chi connectivity index (χ0n) is 18.6. The van der Waals surface area contributed by atoms with Gasteiger partial charge in [-0.05, 0) is 43.9 Å². The fraction of sp³-hybridized carbons (Fsp3) is 0.435. The summed E-state index contributed by atoms with van der Waals surface area (Å²) in [5, 5.41) is 8.17. The number of fused-ring (bicyclic) bond motifs is 2. The van der Waals surface area contributed by atoms with E-state index in [0.717, 1.165) is 34.4 Å². The average Bonchev–Trinajstić information content (AvgIpc) is 3.32. The summed E-state index contributed by atoms with van der Waals surface area (Å²) >= 11 is 0. The van der Waals surface area contributed by atoms with Crippen LogP contribution in [0.5, 0.6) is 5.75 Å². The first-order valence-electron chi connectivity index (χ1n) is 10.9. The summed E-state index contributed by atoms with van der Waals surface area (Å²) in [7, 11) is 3.09. The van der Waals surface area contributed by atoms with Gasteiger partial charge in [0.15, 0.2) is 5.69 Å². The second-order valence-corrected chi connectivity index (χ2v) is 8.60. The second-order valence-electron chi connectivity index (χ2n) is 8.60. The van der Waals surface area contributed by atoms with Gasteiger partial charge in [-0.3, -0.25) is 14.2 Å². The van der Waals surface area contributed by atoms with E-state index in [2.05, 4.69) is 10.2 Å². The molecule has 0 saturated carbocycles. The van der Waals surface area contributed by atoms with Crippen molar-refractivity contribution in [3.8, 4) is 17.0 Å². The normalized spacial score (nSPS) is 18.0. The van der Waals surface area contributed by atoms with Gasteiger partial charge in [-0.1, -0.05) is 6.07 Å². The number of amides is 1. The number of carbonyl (C=O) groups is 1. The zero-order chi connectivity index (χ0) is 23.5. The highest BCUT2D eigenvalue weighted by molar-refractivity contribution is 5.95. The number of hydrogen-bond donors (Lipinski definition) is 0. The van der Waals surface area contributed by atoms with Gasteiger partial charge < -0.3 is 9.64 Å². The highest BCUT2D eigenvalue weighted by Crippen LogP contribution is 2.41. The molecule has 1 aromatic carbocycles. The van der Waals surface area contributed by atoms with Crippen molar-refractivity contribution < 1.29 is 22.7 Å². The fourth-order valence-electron chi connectivity index (χ4n) is 4.87. The lowest BCUT2D eigenvalue weighted by Crippen LogP contribution is -2.39. The molecule has 0 fully saturated rings. The Hall–Kier alpha value is -3.30. The van der Waals surface area contributed by atoms with E-state index in [1.807, 2.05) is 19.1 Å². The van der Waals surface area contributed by atoms with Crippen LogP contribution in [0.4, 0.5) is 13.2 Å². The van der Waals surface area contributed by atoms with Crippen LogP contribution in [0.3, 0.4) is 0 Å². The molecule has 2 aliphatic rings. The van der Waals surface area contributed by atoms with Gasteiger partial charge in [0.1, 0.15) is 5.75 Å². The van der Waals surface area contributed by atoms with E-state index in [4.69, 9.17) is 4.74 Å². The van der Waals surface area contributed by atoms with Crippen molar-refractivity contribution in [3.05, 3.63) is 52.5 Å². The smallest absolute Gasteiger partial charge is 0.435 e. The zero-order valence-corrected chi connectivity index (χ0v) is 18.6. The number of halogens is 3. The van der Waals surface area contributed by atoms with E-state index in [0.29, 0.717) is 36.5 Å². The number of carbonyl (C=O) groups excluding carboxylic acids is 1. The predicted octanol–water partition coefficient (Wildman–Crippen LogP) is 3.92. The number of aromatic nitrogens is 4. The summed E-state index contributed by atoms with van der Waals surface area (Å²) in [6.07, 6.45) is -0.915. The van der Waals surface area contributed by atoms with Crippen molar-refractivity contribution in [2.24, 2.45) is 14.1 Å². The molecule has 33 heavy (non-hydrogen) atoms. The number of ether oxygens (including phenoxy) is 1. The molecule has 0 N–H and O–H groups in total. The van der Waals surface area contributed by atoms with Gasteiger partial charge in [0, 0.05) is 38.0 Å². The van der Waals surface area contributed by atoms with Gasteiger partial charge in [-0.2, -0.15) is 23.4 Å². The standard InChI is InChI=1S/C23H24F3N5O2/c1-13-19-16(20(30(3)27-19)17-12-29(2)28-21(17)23(24,25)26)8-9-31(13)22(32)15-7-6-14-5-4-10-33-18(14)11-15/h6-7,11-13H,4-5,8-10H2,1-3H3/t13-/m0/s1. The van der Waals surface area contributed by atoms with Crippen LogP contribution >= 0.6 is 0 Å². The maximum absolute atomic E-state index is 13.6. The largest absolute Gasteiger partial charge is 0.493 e. The second kappa shape index (κ2) is 7.64. The monoisotopic (exact) mass is 459 g/mol. The number of nitrogens with zero attached hydrogens (tertiary/aromatic N) is 5. The lowest BCUT2D eigenvalue weighted by molar-refractivity contribution is -0.141. The van der Waals surface area contributed by atoms with Crippen LogP contribution in [-0.2, 0) is 33.1 Å². The van der Waals surface area contributed by atoms with Crippen LogP contribution in [0.2, 0.25) is 0 Å². The van der Waals surface area contributed by atoms with Gasteiger partial charge in [-0.15, -0.1) is 0 Å². The Morgan fingerprint density at radius 2 is 1.97 bits per heavy atom. The third-order valence-corrected chi connectivity index (χ3v) is 6.42. The van der Waals surface area contributed by atoms with Crippen molar-refractivity contribution >= 4 is 5.91 Å². The maximum Gasteiger partial charge on any atom is 0.435 e. The van der Waals surface area contributed by atoms with E-state index in [-0.39, 0.29) is 17.5 Å². The number of hydrogen-bond acceptors (Lipinski definition) is 4. The minimum atomic E-state index is -4.58. The molecule has 0 unspecified atom stereocenters. The first-order valence-corrected chi connectivity index (χ1v) is 10.9. The lowest BCUT2D eigenvalue weighted by Gasteiger charge is -2.33. The van der Waals surface area contributed by atoms with Crippen LogP contribution in [0.15, 0.2) is 24.4 Å². The Labute approximate surface area is 188 Å². The first kappa shape index (κ1) is 21.5. The molecule has 5 rings (SSSR count). The minimum absolute atomic E-state index is 0.0000579. The van der Waals surface area contributed by atoms with E-state index < -0.39 is 11.9 Å². The van der Waals surface area contributed by atoms with Crippen molar-refractivity contribution in [1.82, 2.24) is 24.5 Å². The highest BCUT2D eigenvalue weighted by Gasteiger charge is 2.40. The SMILES string of the molecule is C[C@H]1c2nn(C)c(-c3cn(C)nc3C(F)(F)F)c2CCN1C(=O)c1ccc2c(c1)OCCC2. The van der Waals surface area contributed by atoms with Gasteiger partial charge in [0.2, 0.25) is 0 Å². The molecule has 4 heterocycles. The Kier molecular flexibility index (Phi) is 4.98. The topological polar surface area (TPSA) is 65.2 Å². The van der Waals surface area contributed by atoms with Crippen molar-refractivity contribution in [2.75, 3.05) is 13.2 Å². The Morgan fingerprint density at radius 3 is 2.73 bits per heavy atom. The maximum atomic E-state index is 13.6. The predicted molar refractivity (Wildman–Crippen MR) is 114 cm³/mol. The van der Waals surface area contributed by atoms with Gasteiger partial charge in [-0.25, -0.2) is 0 Å². The molecule has 10 heteroatoms. The van der Waals surface area contributed by atoms with Crippen molar-refractivity contribution in [2.45, 2.75) is 38.4 Å². The van der Waals surface area contributed by atoms with Crippen molar-refractivity contribution in [3.63, 3.8) is 0 Å². The Morgan fingerprint density at radius 1 is 1.18 bits per heavy atom. The number of aryl methyl sites for hydroxylation is 3. The van der Waals surface area contributed by atoms with E-state index in [9.17, 15) is 18.0 Å². The first-order chi connectivity index (χ1) is 15.6. The summed E-state index contributed by atoms with van der Waals surface area (Å²) in [4.78, 5) is 15.0. The van der Waals surface area contributed by atoms with Crippen LogP contribution in [0.1, 0.15) is 52.3 Å².